The number of rotatable bonds is 6. The number of aromatic nitrogens is 1. The van der Waals surface area contributed by atoms with Gasteiger partial charge in [-0.3, -0.25) is 10.2 Å². The number of ether oxygens (including phenoxy) is 1. The summed E-state index contributed by atoms with van der Waals surface area (Å²) in [5.41, 5.74) is 4.30. The standard InChI is InChI=1S/C16H21N3O5S/c1-9-7-6-8-14(10(9)2)23-13(5)16(20)17-19-25(21,22)15-11(3)18-24-12(15)4/h6-8,13,19H,1-5H3,(H,17,20)/t13-/m1/s1. The fourth-order valence-corrected chi connectivity index (χ4v) is 3.40. The molecule has 0 aliphatic rings. The summed E-state index contributed by atoms with van der Waals surface area (Å²) >= 11 is 0. The van der Waals surface area contributed by atoms with Crippen molar-refractivity contribution in [1.82, 2.24) is 15.4 Å². The van der Waals surface area contributed by atoms with Gasteiger partial charge >= 0.3 is 0 Å². The number of nitrogens with zero attached hydrogens (tertiary/aromatic N) is 1. The summed E-state index contributed by atoms with van der Waals surface area (Å²) in [4.78, 5) is 14.1. The first kappa shape index (κ1) is 18.9. The summed E-state index contributed by atoms with van der Waals surface area (Å²) in [6, 6.07) is 5.51. The second kappa shape index (κ2) is 7.24. The Morgan fingerprint density at radius 3 is 2.52 bits per heavy atom. The van der Waals surface area contributed by atoms with Crippen LogP contribution in [-0.2, 0) is 14.8 Å². The minimum atomic E-state index is -3.99. The zero-order chi connectivity index (χ0) is 18.8. The maximum Gasteiger partial charge on any atom is 0.275 e. The Balaban J connectivity index is 2.03. The molecule has 0 unspecified atom stereocenters. The van der Waals surface area contributed by atoms with Gasteiger partial charge < -0.3 is 9.26 Å². The Bertz CT molecular complexity index is 870. The summed E-state index contributed by atoms with van der Waals surface area (Å²) in [6.07, 6.45) is -0.895. The molecule has 2 rings (SSSR count). The molecule has 8 nitrogen and oxygen atoms in total. The van der Waals surface area contributed by atoms with Gasteiger partial charge in [0.2, 0.25) is 0 Å². The number of hydrogen-bond acceptors (Lipinski definition) is 6. The highest BCUT2D eigenvalue weighted by Gasteiger charge is 2.26. The molecule has 2 aromatic rings. The van der Waals surface area contributed by atoms with E-state index in [1.807, 2.05) is 30.8 Å². The van der Waals surface area contributed by atoms with Gasteiger partial charge in [-0.15, -0.1) is 4.83 Å². The van der Waals surface area contributed by atoms with Gasteiger partial charge in [0.15, 0.2) is 11.9 Å². The summed E-state index contributed by atoms with van der Waals surface area (Å²) in [7, 11) is -3.99. The number of carbonyl (C=O) groups is 1. The zero-order valence-corrected chi connectivity index (χ0v) is 15.5. The second-order valence-corrected chi connectivity index (χ2v) is 7.33. The van der Waals surface area contributed by atoms with Crippen LogP contribution in [0, 0.1) is 27.7 Å². The minimum Gasteiger partial charge on any atom is -0.481 e. The van der Waals surface area contributed by atoms with Crippen molar-refractivity contribution < 1.29 is 22.5 Å². The van der Waals surface area contributed by atoms with Gasteiger partial charge in [-0.05, 0) is 51.8 Å². The van der Waals surface area contributed by atoms with E-state index in [1.54, 1.807) is 6.07 Å². The third kappa shape index (κ3) is 4.18. The molecule has 0 bridgehead atoms. The van der Waals surface area contributed by atoms with Crippen molar-refractivity contribution in [2.75, 3.05) is 0 Å². The van der Waals surface area contributed by atoms with Gasteiger partial charge in [0, 0.05) is 0 Å². The maximum atomic E-state index is 12.3. The fraction of sp³-hybridized carbons (Fsp3) is 0.375. The highest BCUT2D eigenvalue weighted by Crippen LogP contribution is 2.22. The van der Waals surface area contributed by atoms with Gasteiger partial charge in [0.05, 0.1) is 0 Å². The zero-order valence-electron chi connectivity index (χ0n) is 14.7. The molecule has 0 fully saturated rings. The van der Waals surface area contributed by atoms with E-state index < -0.39 is 22.0 Å². The van der Waals surface area contributed by atoms with Crippen LogP contribution in [0.2, 0.25) is 0 Å². The number of carbonyl (C=O) groups excluding carboxylic acids is 1. The SMILES string of the molecule is Cc1cccc(O[C@H](C)C(=O)NNS(=O)(=O)c2c(C)noc2C)c1C. The third-order valence-corrected chi connectivity index (χ3v) is 5.26. The van der Waals surface area contributed by atoms with Crippen LogP contribution in [0.4, 0.5) is 0 Å². The van der Waals surface area contributed by atoms with Gasteiger partial charge in [-0.1, -0.05) is 17.3 Å². The van der Waals surface area contributed by atoms with Crippen LogP contribution in [0.1, 0.15) is 29.5 Å². The van der Waals surface area contributed by atoms with Crippen LogP contribution >= 0.6 is 0 Å². The van der Waals surface area contributed by atoms with E-state index in [2.05, 4.69) is 10.6 Å². The lowest BCUT2D eigenvalue weighted by molar-refractivity contribution is -0.127. The van der Waals surface area contributed by atoms with E-state index in [4.69, 9.17) is 9.26 Å². The molecule has 0 saturated carbocycles. The number of hydrazine groups is 1. The lowest BCUT2D eigenvalue weighted by Crippen LogP contribution is -2.47. The van der Waals surface area contributed by atoms with E-state index in [-0.39, 0.29) is 16.3 Å². The Morgan fingerprint density at radius 2 is 1.92 bits per heavy atom. The number of aryl methyl sites for hydroxylation is 3. The van der Waals surface area contributed by atoms with Gasteiger partial charge in [0.1, 0.15) is 16.3 Å². The molecule has 0 saturated heterocycles. The van der Waals surface area contributed by atoms with E-state index in [1.165, 1.54) is 20.8 Å². The van der Waals surface area contributed by atoms with E-state index in [0.29, 0.717) is 5.75 Å². The van der Waals surface area contributed by atoms with Crippen molar-refractivity contribution in [3.05, 3.63) is 40.8 Å². The highest BCUT2D eigenvalue weighted by atomic mass is 32.2. The molecular weight excluding hydrogens is 346 g/mol. The summed E-state index contributed by atoms with van der Waals surface area (Å²) < 4.78 is 35.0. The maximum absolute atomic E-state index is 12.3. The number of nitrogens with one attached hydrogen (secondary N) is 2. The average molecular weight is 367 g/mol. The molecule has 1 heterocycles. The van der Waals surface area contributed by atoms with Crippen molar-refractivity contribution in [2.45, 2.75) is 45.6 Å². The third-order valence-electron chi connectivity index (χ3n) is 3.77. The highest BCUT2D eigenvalue weighted by molar-refractivity contribution is 7.89. The van der Waals surface area contributed by atoms with Crippen molar-refractivity contribution in [3.63, 3.8) is 0 Å². The van der Waals surface area contributed by atoms with Gasteiger partial charge in [-0.2, -0.15) is 0 Å². The van der Waals surface area contributed by atoms with E-state index in [0.717, 1.165) is 11.1 Å². The molecule has 136 valence electrons. The molecule has 25 heavy (non-hydrogen) atoms. The van der Waals surface area contributed by atoms with Gasteiger partial charge in [0.25, 0.3) is 15.9 Å². The molecule has 9 heteroatoms. The molecule has 0 aliphatic carbocycles. The Morgan fingerprint density at radius 1 is 1.24 bits per heavy atom. The van der Waals surface area contributed by atoms with E-state index in [9.17, 15) is 13.2 Å². The average Bonchev–Trinajstić information content (AvgIpc) is 2.89. The normalized spacial score (nSPS) is 12.7. The Hall–Kier alpha value is -2.39. The summed E-state index contributed by atoms with van der Waals surface area (Å²) in [5, 5.41) is 3.59. The molecule has 0 radical (unpaired) electrons. The van der Waals surface area contributed by atoms with Crippen LogP contribution in [0.3, 0.4) is 0 Å². The van der Waals surface area contributed by atoms with Crippen molar-refractivity contribution >= 4 is 15.9 Å². The topological polar surface area (TPSA) is 111 Å². The molecule has 2 N–H and O–H groups in total. The smallest absolute Gasteiger partial charge is 0.275 e. The molecule has 1 atom stereocenters. The van der Waals surface area contributed by atoms with Gasteiger partial charge in [-0.25, -0.2) is 8.42 Å². The number of hydrogen-bond donors (Lipinski definition) is 2. The van der Waals surface area contributed by atoms with Crippen molar-refractivity contribution in [1.29, 1.82) is 0 Å². The van der Waals surface area contributed by atoms with Crippen molar-refractivity contribution in [3.8, 4) is 5.75 Å². The molecule has 0 spiro atoms. The lowest BCUT2D eigenvalue weighted by atomic mass is 10.1. The van der Waals surface area contributed by atoms with Crippen LogP contribution in [0.5, 0.6) is 5.75 Å². The van der Waals surface area contributed by atoms with Crippen molar-refractivity contribution in [2.24, 2.45) is 0 Å². The largest absolute Gasteiger partial charge is 0.481 e. The number of sulfonamides is 1. The molecule has 1 aromatic heterocycles. The minimum absolute atomic E-state index is 0.101. The molecule has 1 amide bonds. The second-order valence-electron chi connectivity index (χ2n) is 5.71. The monoisotopic (exact) mass is 367 g/mol. The first-order valence-corrected chi connectivity index (χ1v) is 9.09. The quantitative estimate of drug-likeness (QED) is 0.752. The van der Waals surface area contributed by atoms with Crippen LogP contribution < -0.4 is 15.0 Å². The van der Waals surface area contributed by atoms with Crippen LogP contribution in [0.15, 0.2) is 27.6 Å². The Kier molecular flexibility index (Phi) is 5.48. The van der Waals surface area contributed by atoms with Crippen LogP contribution in [0.25, 0.3) is 0 Å². The predicted molar refractivity (Wildman–Crippen MR) is 90.4 cm³/mol. The first-order chi connectivity index (χ1) is 11.6. The molecule has 0 aliphatic heterocycles. The summed E-state index contributed by atoms with van der Waals surface area (Å²) in [6.45, 7) is 8.32. The first-order valence-electron chi connectivity index (χ1n) is 7.61. The van der Waals surface area contributed by atoms with E-state index >= 15 is 0 Å². The summed E-state index contributed by atoms with van der Waals surface area (Å²) in [5.74, 6) is 0.0754. The lowest BCUT2D eigenvalue weighted by Gasteiger charge is -2.17. The molecule has 1 aromatic carbocycles. The predicted octanol–water partition coefficient (Wildman–Crippen LogP) is 1.69. The Labute approximate surface area is 146 Å². The number of benzene rings is 1. The number of amides is 1. The fourth-order valence-electron chi connectivity index (χ4n) is 2.22. The van der Waals surface area contributed by atoms with Crippen LogP contribution in [-0.4, -0.2) is 25.6 Å². The molecular formula is C16H21N3O5S.